The van der Waals surface area contributed by atoms with Crippen LogP contribution in [0.3, 0.4) is 0 Å². The Balaban J connectivity index is 1.38. The topological polar surface area (TPSA) is 33.5 Å². The molecule has 0 radical (unpaired) electrons. The fourth-order valence-electron chi connectivity index (χ4n) is 4.28. The van der Waals surface area contributed by atoms with Crippen molar-refractivity contribution < 1.29 is 9.69 Å². The molecule has 1 unspecified atom stereocenters. The van der Waals surface area contributed by atoms with E-state index in [1.54, 1.807) is 0 Å². The summed E-state index contributed by atoms with van der Waals surface area (Å²) in [6.07, 6.45) is 7.76. The summed E-state index contributed by atoms with van der Waals surface area (Å²) in [6.45, 7) is 3.70. The predicted octanol–water partition coefficient (Wildman–Crippen LogP) is 2.09. The third kappa shape index (κ3) is 4.95. The van der Waals surface area contributed by atoms with Gasteiger partial charge in [0, 0.05) is 17.5 Å². The van der Waals surface area contributed by atoms with Crippen LogP contribution in [0.4, 0.5) is 0 Å². The molecule has 2 aliphatic rings. The molecule has 1 aliphatic heterocycles. The van der Waals surface area contributed by atoms with E-state index in [2.05, 4.69) is 11.4 Å². The molecule has 2 fully saturated rings. The van der Waals surface area contributed by atoms with Crippen LogP contribution in [0.5, 0.6) is 0 Å². The largest absolute Gasteiger partial charge is 0.351 e. The lowest BCUT2D eigenvalue weighted by atomic mass is 9.75. The SMILES string of the molecule is O=C(C[NH+]1CC[C@@H]2CCCC[C@@H]2C1)NCCc1cccc(Cl)c1. The van der Waals surface area contributed by atoms with Gasteiger partial charge in [-0.15, -0.1) is 0 Å². The first-order valence-electron chi connectivity index (χ1n) is 9.05. The van der Waals surface area contributed by atoms with Gasteiger partial charge in [-0.2, -0.15) is 0 Å². The molecule has 0 spiro atoms. The van der Waals surface area contributed by atoms with Gasteiger partial charge in [0.1, 0.15) is 0 Å². The number of fused-ring (bicyclic) bond motifs is 1. The average molecular weight is 336 g/mol. The van der Waals surface area contributed by atoms with Crippen molar-refractivity contribution in [2.24, 2.45) is 11.8 Å². The average Bonchev–Trinajstić information content (AvgIpc) is 2.55. The number of rotatable bonds is 5. The number of quaternary nitrogens is 1. The van der Waals surface area contributed by atoms with Crippen LogP contribution >= 0.6 is 11.6 Å². The van der Waals surface area contributed by atoms with Crippen molar-refractivity contribution in [2.75, 3.05) is 26.2 Å². The Bertz CT molecular complexity index is 534. The van der Waals surface area contributed by atoms with Gasteiger partial charge in [0.05, 0.1) is 13.1 Å². The zero-order valence-corrected chi connectivity index (χ0v) is 14.6. The quantitative estimate of drug-likeness (QED) is 0.849. The van der Waals surface area contributed by atoms with E-state index in [1.165, 1.54) is 55.7 Å². The molecular weight excluding hydrogens is 308 g/mol. The third-order valence-corrected chi connectivity index (χ3v) is 5.76. The van der Waals surface area contributed by atoms with Crippen molar-refractivity contribution in [1.82, 2.24) is 5.32 Å². The number of amides is 1. The van der Waals surface area contributed by atoms with E-state index in [-0.39, 0.29) is 5.91 Å². The van der Waals surface area contributed by atoms with Crippen molar-refractivity contribution in [1.29, 1.82) is 0 Å². The maximum atomic E-state index is 12.2. The van der Waals surface area contributed by atoms with Crippen LogP contribution in [0.2, 0.25) is 5.02 Å². The highest BCUT2D eigenvalue weighted by Crippen LogP contribution is 2.32. The zero-order valence-electron chi connectivity index (χ0n) is 13.8. The Hall–Kier alpha value is -1.06. The summed E-state index contributed by atoms with van der Waals surface area (Å²) in [5, 5.41) is 3.83. The van der Waals surface area contributed by atoms with Crippen LogP contribution < -0.4 is 10.2 Å². The molecule has 23 heavy (non-hydrogen) atoms. The second-order valence-corrected chi connectivity index (χ2v) is 7.64. The number of hydrogen-bond acceptors (Lipinski definition) is 1. The Labute approximate surface area is 144 Å². The molecule has 1 amide bonds. The number of carbonyl (C=O) groups excluding carboxylic acids is 1. The fourth-order valence-corrected chi connectivity index (χ4v) is 4.50. The molecule has 1 aromatic rings. The van der Waals surface area contributed by atoms with Crippen LogP contribution in [-0.2, 0) is 11.2 Å². The van der Waals surface area contributed by atoms with E-state index >= 15 is 0 Å². The van der Waals surface area contributed by atoms with Crippen LogP contribution in [0, 0.1) is 11.8 Å². The minimum Gasteiger partial charge on any atom is -0.351 e. The Kier molecular flexibility index (Phi) is 5.96. The summed E-state index contributed by atoms with van der Waals surface area (Å²) >= 11 is 5.98. The number of benzene rings is 1. The van der Waals surface area contributed by atoms with E-state index < -0.39 is 0 Å². The molecule has 0 bridgehead atoms. The predicted molar refractivity (Wildman–Crippen MR) is 93.8 cm³/mol. The van der Waals surface area contributed by atoms with E-state index in [1.807, 2.05) is 18.2 Å². The molecule has 1 heterocycles. The van der Waals surface area contributed by atoms with Gasteiger partial charge in [-0.3, -0.25) is 4.79 Å². The minimum atomic E-state index is 0.191. The van der Waals surface area contributed by atoms with Gasteiger partial charge in [0.25, 0.3) is 5.91 Å². The fraction of sp³-hybridized carbons (Fsp3) is 0.632. The van der Waals surface area contributed by atoms with E-state index in [0.29, 0.717) is 13.1 Å². The van der Waals surface area contributed by atoms with E-state index in [0.717, 1.165) is 23.3 Å². The summed E-state index contributed by atoms with van der Waals surface area (Å²) in [5.41, 5.74) is 1.17. The number of likely N-dealkylation sites (tertiary alicyclic amines) is 1. The Morgan fingerprint density at radius 1 is 1.22 bits per heavy atom. The first-order chi connectivity index (χ1) is 11.2. The molecule has 4 heteroatoms. The van der Waals surface area contributed by atoms with E-state index in [4.69, 9.17) is 11.6 Å². The van der Waals surface area contributed by atoms with Gasteiger partial charge in [-0.05, 0) is 49.3 Å². The zero-order chi connectivity index (χ0) is 16.1. The van der Waals surface area contributed by atoms with Crippen LogP contribution in [0.15, 0.2) is 24.3 Å². The molecule has 1 saturated heterocycles. The molecule has 1 aliphatic carbocycles. The molecule has 3 rings (SSSR count). The second-order valence-electron chi connectivity index (χ2n) is 7.20. The summed E-state index contributed by atoms with van der Waals surface area (Å²) < 4.78 is 0. The molecular formula is C19H28ClN2O+. The molecule has 3 atom stereocenters. The molecule has 2 N–H and O–H groups in total. The maximum Gasteiger partial charge on any atom is 0.275 e. The summed E-state index contributed by atoms with van der Waals surface area (Å²) in [4.78, 5) is 13.7. The van der Waals surface area contributed by atoms with Crippen molar-refractivity contribution in [3.05, 3.63) is 34.9 Å². The highest BCUT2D eigenvalue weighted by Gasteiger charge is 2.34. The van der Waals surface area contributed by atoms with Gasteiger partial charge < -0.3 is 10.2 Å². The van der Waals surface area contributed by atoms with Crippen molar-refractivity contribution in [3.63, 3.8) is 0 Å². The number of carbonyl (C=O) groups is 1. The van der Waals surface area contributed by atoms with Crippen LogP contribution in [-0.4, -0.2) is 32.1 Å². The normalized spacial score (nSPS) is 27.3. The summed E-state index contributed by atoms with van der Waals surface area (Å²) in [7, 11) is 0. The first kappa shape index (κ1) is 16.8. The smallest absolute Gasteiger partial charge is 0.275 e. The molecule has 126 valence electrons. The van der Waals surface area contributed by atoms with Gasteiger partial charge in [0.2, 0.25) is 0 Å². The highest BCUT2D eigenvalue weighted by atomic mass is 35.5. The lowest BCUT2D eigenvalue weighted by Gasteiger charge is -2.38. The number of hydrogen-bond donors (Lipinski definition) is 2. The number of halogens is 1. The summed E-state index contributed by atoms with van der Waals surface area (Å²) in [5.74, 6) is 2.00. The molecule has 1 aromatic carbocycles. The monoisotopic (exact) mass is 335 g/mol. The third-order valence-electron chi connectivity index (χ3n) is 5.52. The van der Waals surface area contributed by atoms with Crippen molar-refractivity contribution >= 4 is 17.5 Å². The standard InChI is InChI=1S/C19H27ClN2O/c20-18-7-3-4-15(12-18)8-10-21-19(23)14-22-11-9-16-5-1-2-6-17(16)13-22/h3-4,7,12,16-17H,1-2,5-6,8-11,13-14H2,(H,21,23)/p+1/t16-,17+/m0/s1. The van der Waals surface area contributed by atoms with Gasteiger partial charge in [0.15, 0.2) is 6.54 Å². The van der Waals surface area contributed by atoms with Crippen LogP contribution in [0.1, 0.15) is 37.7 Å². The van der Waals surface area contributed by atoms with Crippen LogP contribution in [0.25, 0.3) is 0 Å². The maximum absolute atomic E-state index is 12.2. The lowest BCUT2D eigenvalue weighted by Crippen LogP contribution is -3.15. The van der Waals surface area contributed by atoms with Gasteiger partial charge in [-0.1, -0.05) is 36.6 Å². The van der Waals surface area contributed by atoms with Crippen molar-refractivity contribution in [3.8, 4) is 0 Å². The highest BCUT2D eigenvalue weighted by molar-refractivity contribution is 6.30. The molecule has 3 nitrogen and oxygen atoms in total. The lowest BCUT2D eigenvalue weighted by molar-refractivity contribution is -0.902. The Morgan fingerprint density at radius 2 is 2.04 bits per heavy atom. The number of nitrogens with one attached hydrogen (secondary N) is 2. The van der Waals surface area contributed by atoms with Crippen molar-refractivity contribution in [2.45, 2.75) is 38.5 Å². The Morgan fingerprint density at radius 3 is 2.87 bits per heavy atom. The molecule has 1 saturated carbocycles. The summed E-state index contributed by atoms with van der Waals surface area (Å²) in [6, 6.07) is 7.85. The minimum absolute atomic E-state index is 0.191. The molecule has 0 aromatic heterocycles. The first-order valence-corrected chi connectivity index (χ1v) is 9.43. The second kappa shape index (κ2) is 8.16. The van der Waals surface area contributed by atoms with Gasteiger partial charge in [-0.25, -0.2) is 0 Å². The number of piperidine rings is 1. The van der Waals surface area contributed by atoms with Gasteiger partial charge >= 0.3 is 0 Å². The van der Waals surface area contributed by atoms with E-state index in [9.17, 15) is 4.79 Å².